The number of hydrogen-bond acceptors (Lipinski definition) is 3. The van der Waals surface area contributed by atoms with Gasteiger partial charge in [-0.2, -0.15) is 0 Å². The number of ether oxygens (including phenoxy) is 1. The number of halogens is 1. The third-order valence-corrected chi connectivity index (χ3v) is 4.71. The first-order chi connectivity index (χ1) is 9.78. The quantitative estimate of drug-likeness (QED) is 0.617. The van der Waals surface area contributed by atoms with Gasteiger partial charge >= 0.3 is 0 Å². The Balaban J connectivity index is 1.93. The van der Waals surface area contributed by atoms with Gasteiger partial charge in [-0.05, 0) is 38.8 Å². The van der Waals surface area contributed by atoms with Crippen molar-refractivity contribution in [2.45, 2.75) is 6.61 Å². The Labute approximate surface area is 129 Å². The minimum atomic E-state index is 0.468. The molecule has 0 aliphatic carbocycles. The van der Waals surface area contributed by atoms with Gasteiger partial charge in [0.05, 0.1) is 5.56 Å². The van der Waals surface area contributed by atoms with Crippen LogP contribution in [0.15, 0.2) is 52.3 Å². The van der Waals surface area contributed by atoms with Crippen molar-refractivity contribution in [2.75, 3.05) is 0 Å². The number of hydrogen-bond donors (Lipinski definition) is 0. The Kier molecular flexibility index (Phi) is 3.85. The SMILES string of the molecule is O=Cc1c(OCc2cc(Br)cs2)ccc2ccccc12. The van der Waals surface area contributed by atoms with Crippen molar-refractivity contribution in [1.29, 1.82) is 0 Å². The van der Waals surface area contributed by atoms with Gasteiger partial charge in [0.2, 0.25) is 0 Å². The van der Waals surface area contributed by atoms with Crippen molar-refractivity contribution in [3.05, 3.63) is 62.8 Å². The summed E-state index contributed by atoms with van der Waals surface area (Å²) in [6, 6.07) is 13.7. The number of aldehydes is 1. The second-order valence-electron chi connectivity index (χ2n) is 4.34. The molecule has 100 valence electrons. The van der Waals surface area contributed by atoms with Crippen LogP contribution in [0.3, 0.4) is 0 Å². The lowest BCUT2D eigenvalue weighted by Crippen LogP contribution is -1.97. The number of carbonyl (C=O) groups excluding carboxylic acids is 1. The van der Waals surface area contributed by atoms with E-state index in [1.54, 1.807) is 11.3 Å². The maximum absolute atomic E-state index is 11.4. The van der Waals surface area contributed by atoms with E-state index in [1.807, 2.05) is 47.8 Å². The van der Waals surface area contributed by atoms with Crippen molar-refractivity contribution in [3.63, 3.8) is 0 Å². The molecule has 0 saturated heterocycles. The molecule has 0 atom stereocenters. The highest BCUT2D eigenvalue weighted by atomic mass is 79.9. The van der Waals surface area contributed by atoms with Crippen molar-refractivity contribution >= 4 is 44.3 Å². The fraction of sp³-hybridized carbons (Fsp3) is 0.0625. The maximum atomic E-state index is 11.4. The highest BCUT2D eigenvalue weighted by Gasteiger charge is 2.08. The molecule has 4 heteroatoms. The average Bonchev–Trinajstić information content (AvgIpc) is 2.90. The van der Waals surface area contributed by atoms with E-state index >= 15 is 0 Å². The molecule has 3 rings (SSSR count). The van der Waals surface area contributed by atoms with Crippen LogP contribution in [-0.2, 0) is 6.61 Å². The van der Waals surface area contributed by atoms with E-state index in [4.69, 9.17) is 4.74 Å². The molecular weight excluding hydrogens is 336 g/mol. The smallest absolute Gasteiger partial charge is 0.154 e. The predicted molar refractivity (Wildman–Crippen MR) is 85.7 cm³/mol. The summed E-state index contributed by atoms with van der Waals surface area (Å²) in [6.07, 6.45) is 0.863. The molecule has 0 aliphatic heterocycles. The summed E-state index contributed by atoms with van der Waals surface area (Å²) in [5.74, 6) is 0.628. The first-order valence-corrected chi connectivity index (χ1v) is 7.78. The van der Waals surface area contributed by atoms with Crippen LogP contribution >= 0.6 is 27.3 Å². The number of fused-ring (bicyclic) bond motifs is 1. The van der Waals surface area contributed by atoms with Crippen LogP contribution < -0.4 is 4.74 Å². The molecule has 2 aromatic carbocycles. The number of rotatable bonds is 4. The molecule has 1 heterocycles. The Morgan fingerprint density at radius 3 is 2.80 bits per heavy atom. The summed E-state index contributed by atoms with van der Waals surface area (Å²) < 4.78 is 6.84. The lowest BCUT2D eigenvalue weighted by molar-refractivity contribution is 0.112. The van der Waals surface area contributed by atoms with E-state index in [-0.39, 0.29) is 0 Å². The molecule has 0 saturated carbocycles. The van der Waals surface area contributed by atoms with Crippen LogP contribution in [-0.4, -0.2) is 6.29 Å². The van der Waals surface area contributed by atoms with E-state index in [1.165, 1.54) is 0 Å². The van der Waals surface area contributed by atoms with Gasteiger partial charge in [-0.1, -0.05) is 30.3 Å². The minimum absolute atomic E-state index is 0.468. The van der Waals surface area contributed by atoms with Gasteiger partial charge in [0, 0.05) is 14.7 Å². The van der Waals surface area contributed by atoms with E-state index in [2.05, 4.69) is 15.9 Å². The van der Waals surface area contributed by atoms with Crippen LogP contribution in [0.1, 0.15) is 15.2 Å². The summed E-state index contributed by atoms with van der Waals surface area (Å²) in [5.41, 5.74) is 0.610. The highest BCUT2D eigenvalue weighted by Crippen LogP contribution is 2.28. The van der Waals surface area contributed by atoms with Crippen LogP contribution in [0, 0.1) is 0 Å². The topological polar surface area (TPSA) is 26.3 Å². The number of carbonyl (C=O) groups is 1. The van der Waals surface area contributed by atoms with Crippen LogP contribution in [0.2, 0.25) is 0 Å². The second kappa shape index (κ2) is 5.77. The normalized spacial score (nSPS) is 10.7. The molecule has 0 bridgehead atoms. The minimum Gasteiger partial charge on any atom is -0.487 e. The molecule has 0 spiro atoms. The number of benzene rings is 2. The van der Waals surface area contributed by atoms with Crippen LogP contribution in [0.5, 0.6) is 5.75 Å². The average molecular weight is 347 g/mol. The first kappa shape index (κ1) is 13.3. The standard InChI is InChI=1S/C16H11BrO2S/c17-12-7-13(20-10-12)9-19-16-6-5-11-3-1-2-4-14(11)15(16)8-18/h1-8,10H,9H2. The van der Waals surface area contributed by atoms with E-state index in [0.717, 1.165) is 26.4 Å². The summed E-state index contributed by atoms with van der Waals surface area (Å²) in [4.78, 5) is 12.5. The molecule has 0 fully saturated rings. The maximum Gasteiger partial charge on any atom is 0.154 e. The third kappa shape index (κ3) is 2.62. The molecule has 20 heavy (non-hydrogen) atoms. The van der Waals surface area contributed by atoms with Crippen LogP contribution in [0.4, 0.5) is 0 Å². The van der Waals surface area contributed by atoms with Gasteiger partial charge in [0.1, 0.15) is 12.4 Å². The molecule has 0 radical (unpaired) electrons. The molecule has 0 N–H and O–H groups in total. The lowest BCUT2D eigenvalue weighted by Gasteiger charge is -2.09. The highest BCUT2D eigenvalue weighted by molar-refractivity contribution is 9.10. The Morgan fingerprint density at radius 2 is 2.05 bits per heavy atom. The second-order valence-corrected chi connectivity index (χ2v) is 6.25. The van der Waals surface area contributed by atoms with Gasteiger partial charge in [-0.25, -0.2) is 0 Å². The van der Waals surface area contributed by atoms with Crippen molar-refractivity contribution in [1.82, 2.24) is 0 Å². The molecule has 3 aromatic rings. The van der Waals surface area contributed by atoms with Gasteiger partial charge in [-0.3, -0.25) is 4.79 Å². The van der Waals surface area contributed by atoms with E-state index in [0.29, 0.717) is 17.9 Å². The molecule has 2 nitrogen and oxygen atoms in total. The monoisotopic (exact) mass is 346 g/mol. The predicted octanol–water partition coefficient (Wildman–Crippen LogP) is 5.06. The van der Waals surface area contributed by atoms with Gasteiger partial charge in [-0.15, -0.1) is 11.3 Å². The molecular formula is C16H11BrO2S. The van der Waals surface area contributed by atoms with Gasteiger partial charge in [0.15, 0.2) is 6.29 Å². The van der Waals surface area contributed by atoms with E-state index in [9.17, 15) is 4.79 Å². The van der Waals surface area contributed by atoms with Crippen molar-refractivity contribution in [3.8, 4) is 5.75 Å². The third-order valence-electron chi connectivity index (χ3n) is 3.04. The van der Waals surface area contributed by atoms with Gasteiger partial charge < -0.3 is 4.74 Å². The molecule has 0 amide bonds. The first-order valence-electron chi connectivity index (χ1n) is 6.10. The van der Waals surface area contributed by atoms with E-state index < -0.39 is 0 Å². The van der Waals surface area contributed by atoms with Crippen LogP contribution in [0.25, 0.3) is 10.8 Å². The van der Waals surface area contributed by atoms with Crippen molar-refractivity contribution in [2.24, 2.45) is 0 Å². The Morgan fingerprint density at radius 1 is 1.20 bits per heavy atom. The largest absolute Gasteiger partial charge is 0.487 e. The summed E-state index contributed by atoms with van der Waals surface area (Å²) >= 11 is 5.04. The zero-order valence-electron chi connectivity index (χ0n) is 10.5. The van der Waals surface area contributed by atoms with Gasteiger partial charge in [0.25, 0.3) is 0 Å². The molecule has 0 aliphatic rings. The zero-order chi connectivity index (χ0) is 13.9. The fourth-order valence-corrected chi connectivity index (χ4v) is 3.46. The lowest BCUT2D eigenvalue weighted by atomic mass is 10.0. The fourth-order valence-electron chi connectivity index (χ4n) is 2.10. The van der Waals surface area contributed by atoms with Crippen molar-refractivity contribution < 1.29 is 9.53 Å². The Bertz CT molecular complexity index is 764. The Hall–Kier alpha value is -1.65. The zero-order valence-corrected chi connectivity index (χ0v) is 12.9. The molecule has 0 unspecified atom stereocenters. The number of thiophene rings is 1. The summed E-state index contributed by atoms with van der Waals surface area (Å²) in [7, 11) is 0. The summed E-state index contributed by atoms with van der Waals surface area (Å²) in [5, 5.41) is 3.98. The molecule has 1 aromatic heterocycles. The summed E-state index contributed by atoms with van der Waals surface area (Å²) in [6.45, 7) is 0.468.